The minimum Gasteiger partial charge on any atom is -0.417 e. The Morgan fingerprint density at radius 1 is 1.57 bits per heavy atom. The standard InChI is InChI=1S/C8H13N3O3/c1-6-10-11-8(14-6)7(12)9-4-3-5-13-2/h3-5H2,1-2H3,(H,9,12). The fourth-order valence-corrected chi connectivity index (χ4v) is 0.882. The molecule has 0 aliphatic carbocycles. The van der Waals surface area contributed by atoms with E-state index < -0.39 is 0 Å². The molecule has 1 N–H and O–H groups in total. The van der Waals surface area contributed by atoms with E-state index in [1.165, 1.54) is 0 Å². The van der Waals surface area contributed by atoms with Crippen molar-refractivity contribution in [2.24, 2.45) is 0 Å². The molecule has 0 fully saturated rings. The van der Waals surface area contributed by atoms with E-state index in [0.717, 1.165) is 6.42 Å². The topological polar surface area (TPSA) is 77.2 Å². The maximum absolute atomic E-state index is 11.3. The van der Waals surface area contributed by atoms with E-state index >= 15 is 0 Å². The molecule has 0 atom stereocenters. The Balaban J connectivity index is 2.29. The number of methoxy groups -OCH3 is 1. The molecule has 6 heteroatoms. The van der Waals surface area contributed by atoms with Gasteiger partial charge in [-0.3, -0.25) is 4.79 Å². The van der Waals surface area contributed by atoms with Gasteiger partial charge in [-0.15, -0.1) is 10.2 Å². The van der Waals surface area contributed by atoms with Crippen molar-refractivity contribution in [3.8, 4) is 0 Å². The van der Waals surface area contributed by atoms with Crippen LogP contribution in [0, 0.1) is 6.92 Å². The second-order valence-corrected chi connectivity index (χ2v) is 2.73. The zero-order valence-corrected chi connectivity index (χ0v) is 8.24. The Morgan fingerprint density at radius 3 is 2.93 bits per heavy atom. The van der Waals surface area contributed by atoms with Crippen molar-refractivity contribution in [2.75, 3.05) is 20.3 Å². The predicted octanol–water partition coefficient (Wildman–Crippen LogP) is 0.144. The third-order valence-electron chi connectivity index (χ3n) is 1.53. The molecule has 1 rings (SSSR count). The maximum Gasteiger partial charge on any atom is 0.308 e. The fourth-order valence-electron chi connectivity index (χ4n) is 0.882. The number of amides is 1. The van der Waals surface area contributed by atoms with Gasteiger partial charge in [0.2, 0.25) is 5.89 Å². The summed E-state index contributed by atoms with van der Waals surface area (Å²) in [4.78, 5) is 11.3. The summed E-state index contributed by atoms with van der Waals surface area (Å²) in [5, 5.41) is 9.77. The molecule has 0 radical (unpaired) electrons. The predicted molar refractivity (Wildman–Crippen MR) is 47.9 cm³/mol. The summed E-state index contributed by atoms with van der Waals surface area (Å²) >= 11 is 0. The number of rotatable bonds is 5. The van der Waals surface area contributed by atoms with E-state index in [0.29, 0.717) is 19.0 Å². The van der Waals surface area contributed by atoms with Crippen LogP contribution in [0.5, 0.6) is 0 Å². The van der Waals surface area contributed by atoms with Crippen LogP contribution in [0.25, 0.3) is 0 Å². The van der Waals surface area contributed by atoms with Crippen LogP contribution in [0.1, 0.15) is 23.0 Å². The van der Waals surface area contributed by atoms with Gasteiger partial charge in [0, 0.05) is 27.2 Å². The van der Waals surface area contributed by atoms with Gasteiger partial charge in [-0.05, 0) is 6.42 Å². The summed E-state index contributed by atoms with van der Waals surface area (Å²) in [6, 6.07) is 0. The van der Waals surface area contributed by atoms with Gasteiger partial charge in [-0.25, -0.2) is 0 Å². The first kappa shape index (κ1) is 10.6. The molecule has 0 unspecified atom stereocenters. The Bertz CT molecular complexity index is 298. The van der Waals surface area contributed by atoms with E-state index in [1.54, 1.807) is 14.0 Å². The molecule has 1 heterocycles. The lowest BCUT2D eigenvalue weighted by atomic mass is 10.4. The summed E-state index contributed by atoms with van der Waals surface area (Å²) < 4.78 is 9.77. The van der Waals surface area contributed by atoms with Gasteiger partial charge < -0.3 is 14.5 Å². The molecule has 78 valence electrons. The summed E-state index contributed by atoms with van der Waals surface area (Å²) in [6.07, 6.45) is 0.759. The molecule has 0 saturated carbocycles. The highest BCUT2D eigenvalue weighted by atomic mass is 16.5. The first-order chi connectivity index (χ1) is 6.74. The molecular formula is C8H13N3O3. The van der Waals surface area contributed by atoms with Crippen molar-refractivity contribution in [1.82, 2.24) is 15.5 Å². The highest BCUT2D eigenvalue weighted by Crippen LogP contribution is 1.96. The zero-order valence-electron chi connectivity index (χ0n) is 8.24. The van der Waals surface area contributed by atoms with Gasteiger partial charge >= 0.3 is 11.8 Å². The van der Waals surface area contributed by atoms with Crippen LogP contribution in [0.2, 0.25) is 0 Å². The van der Waals surface area contributed by atoms with Gasteiger partial charge in [0.05, 0.1) is 0 Å². The Kier molecular flexibility index (Phi) is 4.06. The van der Waals surface area contributed by atoms with Gasteiger partial charge in [0.15, 0.2) is 0 Å². The Morgan fingerprint density at radius 2 is 2.36 bits per heavy atom. The SMILES string of the molecule is COCCCNC(=O)c1nnc(C)o1. The lowest BCUT2D eigenvalue weighted by Crippen LogP contribution is -2.25. The highest BCUT2D eigenvalue weighted by molar-refractivity contribution is 5.89. The zero-order chi connectivity index (χ0) is 10.4. The number of hydrogen-bond donors (Lipinski definition) is 1. The van der Waals surface area contributed by atoms with Crippen LogP contribution in [-0.2, 0) is 4.74 Å². The van der Waals surface area contributed by atoms with Gasteiger partial charge in [-0.1, -0.05) is 0 Å². The minimum atomic E-state index is -0.346. The number of ether oxygens (including phenoxy) is 1. The molecule has 0 aliphatic heterocycles. The van der Waals surface area contributed by atoms with Crippen LogP contribution >= 0.6 is 0 Å². The fraction of sp³-hybridized carbons (Fsp3) is 0.625. The molecule has 14 heavy (non-hydrogen) atoms. The molecule has 6 nitrogen and oxygen atoms in total. The number of nitrogens with zero attached hydrogens (tertiary/aromatic N) is 2. The molecular weight excluding hydrogens is 186 g/mol. The van der Waals surface area contributed by atoms with E-state index in [1.807, 2.05) is 0 Å². The number of nitrogens with one attached hydrogen (secondary N) is 1. The van der Waals surface area contributed by atoms with Crippen LogP contribution < -0.4 is 5.32 Å². The third-order valence-corrected chi connectivity index (χ3v) is 1.53. The molecule has 0 bridgehead atoms. The van der Waals surface area contributed by atoms with Gasteiger partial charge in [0.1, 0.15) is 0 Å². The number of aryl methyl sites for hydroxylation is 1. The molecule has 0 aromatic carbocycles. The van der Waals surface area contributed by atoms with Crippen LogP contribution in [0.15, 0.2) is 4.42 Å². The van der Waals surface area contributed by atoms with Crippen molar-refractivity contribution in [3.05, 3.63) is 11.8 Å². The molecule has 1 aromatic heterocycles. The van der Waals surface area contributed by atoms with Crippen molar-refractivity contribution in [2.45, 2.75) is 13.3 Å². The minimum absolute atomic E-state index is 0.0000770. The number of aromatic nitrogens is 2. The largest absolute Gasteiger partial charge is 0.417 e. The van der Waals surface area contributed by atoms with Crippen molar-refractivity contribution in [1.29, 1.82) is 0 Å². The summed E-state index contributed by atoms with van der Waals surface area (Å²) in [6.45, 7) is 2.78. The summed E-state index contributed by atoms with van der Waals surface area (Å²) in [5.74, 6) is 0.0358. The number of carbonyl (C=O) groups excluding carboxylic acids is 1. The average Bonchev–Trinajstić information content (AvgIpc) is 2.59. The van der Waals surface area contributed by atoms with E-state index in [4.69, 9.17) is 9.15 Å². The smallest absolute Gasteiger partial charge is 0.308 e. The van der Waals surface area contributed by atoms with Crippen LogP contribution in [0.4, 0.5) is 0 Å². The van der Waals surface area contributed by atoms with Crippen molar-refractivity contribution in [3.63, 3.8) is 0 Å². The normalized spacial score (nSPS) is 10.1. The summed E-state index contributed by atoms with van der Waals surface area (Å²) in [5.41, 5.74) is 0. The second kappa shape index (κ2) is 5.33. The monoisotopic (exact) mass is 199 g/mol. The first-order valence-corrected chi connectivity index (χ1v) is 4.31. The van der Waals surface area contributed by atoms with Gasteiger partial charge in [-0.2, -0.15) is 0 Å². The molecule has 0 spiro atoms. The van der Waals surface area contributed by atoms with E-state index in [2.05, 4.69) is 15.5 Å². The van der Waals surface area contributed by atoms with Crippen molar-refractivity contribution < 1.29 is 13.9 Å². The molecule has 1 aromatic rings. The third kappa shape index (κ3) is 3.14. The second-order valence-electron chi connectivity index (χ2n) is 2.73. The highest BCUT2D eigenvalue weighted by Gasteiger charge is 2.11. The Labute approximate surface area is 81.6 Å². The molecule has 0 aliphatic rings. The average molecular weight is 199 g/mol. The van der Waals surface area contributed by atoms with E-state index in [9.17, 15) is 4.79 Å². The van der Waals surface area contributed by atoms with Gasteiger partial charge in [0.25, 0.3) is 0 Å². The van der Waals surface area contributed by atoms with Crippen molar-refractivity contribution >= 4 is 5.91 Å². The van der Waals surface area contributed by atoms with E-state index in [-0.39, 0.29) is 11.8 Å². The number of hydrogen-bond acceptors (Lipinski definition) is 5. The van der Waals surface area contributed by atoms with Crippen LogP contribution in [-0.4, -0.2) is 36.4 Å². The lowest BCUT2D eigenvalue weighted by Gasteiger charge is -2.00. The first-order valence-electron chi connectivity index (χ1n) is 4.31. The number of carbonyl (C=O) groups is 1. The van der Waals surface area contributed by atoms with Crippen LogP contribution in [0.3, 0.4) is 0 Å². The maximum atomic E-state index is 11.3. The lowest BCUT2D eigenvalue weighted by molar-refractivity contribution is 0.0912. The Hall–Kier alpha value is -1.43. The molecule has 1 amide bonds. The molecule has 0 saturated heterocycles. The quantitative estimate of drug-likeness (QED) is 0.683. The summed E-state index contributed by atoms with van der Waals surface area (Å²) in [7, 11) is 1.61.